The molecule has 0 unspecified atom stereocenters. The van der Waals surface area contributed by atoms with Gasteiger partial charge in [-0.15, -0.1) is 10.2 Å². The molecule has 2 N–H and O–H groups in total. The molecule has 2 aromatic carbocycles. The van der Waals surface area contributed by atoms with E-state index >= 15 is 0 Å². The van der Waals surface area contributed by atoms with E-state index in [1.165, 1.54) is 34.7 Å². The van der Waals surface area contributed by atoms with Crippen molar-refractivity contribution in [2.75, 3.05) is 22.9 Å². The fourth-order valence-corrected chi connectivity index (χ4v) is 3.91. The summed E-state index contributed by atoms with van der Waals surface area (Å²) in [6.07, 6.45) is 0.896. The number of aromatic nitrogens is 2. The molecule has 3 aromatic rings. The number of carbonyl (C=O) groups is 1. The minimum absolute atomic E-state index is 0.145. The summed E-state index contributed by atoms with van der Waals surface area (Å²) in [5, 5.41) is 14.7. The van der Waals surface area contributed by atoms with Gasteiger partial charge < -0.3 is 10.6 Å². The predicted octanol–water partition coefficient (Wildman–Crippen LogP) is 4.37. The topological polar surface area (TPSA) is 66.9 Å². The molecule has 0 aliphatic carbocycles. The van der Waals surface area contributed by atoms with E-state index in [0.717, 1.165) is 23.7 Å². The van der Waals surface area contributed by atoms with Crippen molar-refractivity contribution in [3.63, 3.8) is 0 Å². The number of aryl methyl sites for hydroxylation is 1. The predicted molar refractivity (Wildman–Crippen MR) is 109 cm³/mol. The molecule has 5 nitrogen and oxygen atoms in total. The van der Waals surface area contributed by atoms with Crippen LogP contribution in [0.3, 0.4) is 0 Å². The highest BCUT2D eigenvalue weighted by Crippen LogP contribution is 2.25. The Bertz CT molecular complexity index is 902. The van der Waals surface area contributed by atoms with Crippen LogP contribution in [-0.2, 0) is 11.2 Å². The number of benzene rings is 2. The van der Waals surface area contributed by atoms with Gasteiger partial charge in [-0.1, -0.05) is 59.5 Å². The van der Waals surface area contributed by atoms with Crippen molar-refractivity contribution < 1.29 is 9.18 Å². The van der Waals surface area contributed by atoms with E-state index in [0.29, 0.717) is 4.34 Å². The molecule has 3 rings (SSSR count). The molecule has 0 saturated heterocycles. The molecule has 1 amide bonds. The molecule has 0 bridgehead atoms. The number of nitrogens with one attached hydrogen (secondary N) is 2. The third-order valence-electron chi connectivity index (χ3n) is 3.66. The standard InChI is InChI=1S/C19H19FN4OS2/c1-13-7-8-16(15(20)11-13)22-17(25)12-26-19-24-23-18(27-19)21-10-9-14-5-3-2-4-6-14/h2-8,11H,9-10,12H2,1H3,(H,21,23)(H,22,25). The van der Waals surface area contributed by atoms with Gasteiger partial charge in [0.2, 0.25) is 11.0 Å². The van der Waals surface area contributed by atoms with Crippen LogP contribution in [0, 0.1) is 12.7 Å². The average Bonchev–Trinajstić information content (AvgIpc) is 3.11. The molecule has 0 fully saturated rings. The summed E-state index contributed by atoms with van der Waals surface area (Å²) in [4.78, 5) is 12.0. The summed E-state index contributed by atoms with van der Waals surface area (Å²) in [5.41, 5.74) is 2.25. The maximum Gasteiger partial charge on any atom is 0.234 e. The zero-order valence-corrected chi connectivity index (χ0v) is 16.4. The lowest BCUT2D eigenvalue weighted by atomic mass is 10.2. The summed E-state index contributed by atoms with van der Waals surface area (Å²) in [6.45, 7) is 2.56. The van der Waals surface area contributed by atoms with E-state index in [4.69, 9.17) is 0 Å². The van der Waals surface area contributed by atoms with E-state index < -0.39 is 5.82 Å². The van der Waals surface area contributed by atoms with Gasteiger partial charge in [-0.05, 0) is 36.6 Å². The highest BCUT2D eigenvalue weighted by Gasteiger charge is 2.10. The van der Waals surface area contributed by atoms with Gasteiger partial charge in [-0.25, -0.2) is 4.39 Å². The fraction of sp³-hybridized carbons (Fsp3) is 0.211. The van der Waals surface area contributed by atoms with Crippen LogP contribution in [0.5, 0.6) is 0 Å². The van der Waals surface area contributed by atoms with E-state index in [1.807, 2.05) is 18.2 Å². The summed E-state index contributed by atoms with van der Waals surface area (Å²) in [7, 11) is 0. The number of halogens is 1. The molecular formula is C19H19FN4OS2. The van der Waals surface area contributed by atoms with Crippen LogP contribution in [0.1, 0.15) is 11.1 Å². The van der Waals surface area contributed by atoms with Gasteiger partial charge in [0.1, 0.15) is 5.82 Å². The number of thioether (sulfide) groups is 1. The molecule has 0 spiro atoms. The highest BCUT2D eigenvalue weighted by molar-refractivity contribution is 8.01. The Labute approximate surface area is 165 Å². The van der Waals surface area contributed by atoms with Crippen molar-refractivity contribution in [3.05, 3.63) is 65.5 Å². The molecule has 27 heavy (non-hydrogen) atoms. The third-order valence-corrected chi connectivity index (χ3v) is 5.68. The van der Waals surface area contributed by atoms with E-state index in [1.54, 1.807) is 19.1 Å². The van der Waals surface area contributed by atoms with Gasteiger partial charge in [0.25, 0.3) is 0 Å². The van der Waals surface area contributed by atoms with E-state index in [2.05, 4.69) is 33.0 Å². The van der Waals surface area contributed by atoms with Crippen molar-refractivity contribution in [1.82, 2.24) is 10.2 Å². The lowest BCUT2D eigenvalue weighted by Crippen LogP contribution is -2.15. The molecule has 0 aliphatic rings. The first-order chi connectivity index (χ1) is 13.1. The van der Waals surface area contributed by atoms with Crippen molar-refractivity contribution in [2.24, 2.45) is 0 Å². The largest absolute Gasteiger partial charge is 0.360 e. The summed E-state index contributed by atoms with van der Waals surface area (Å²) in [6, 6.07) is 14.9. The molecular weight excluding hydrogens is 383 g/mol. The van der Waals surface area contributed by atoms with Crippen molar-refractivity contribution in [1.29, 1.82) is 0 Å². The Kier molecular flexibility index (Phi) is 6.78. The molecule has 0 radical (unpaired) electrons. The summed E-state index contributed by atoms with van der Waals surface area (Å²) >= 11 is 2.67. The molecule has 0 saturated carbocycles. The first-order valence-electron chi connectivity index (χ1n) is 8.40. The smallest absolute Gasteiger partial charge is 0.234 e. The van der Waals surface area contributed by atoms with Gasteiger partial charge >= 0.3 is 0 Å². The first-order valence-corrected chi connectivity index (χ1v) is 10.2. The molecule has 8 heteroatoms. The number of hydrogen-bond acceptors (Lipinski definition) is 6. The second-order valence-corrected chi connectivity index (χ2v) is 8.06. The maximum absolute atomic E-state index is 13.8. The van der Waals surface area contributed by atoms with Crippen LogP contribution < -0.4 is 10.6 Å². The normalized spacial score (nSPS) is 10.6. The number of rotatable bonds is 8. The van der Waals surface area contributed by atoms with E-state index in [9.17, 15) is 9.18 Å². The zero-order valence-electron chi connectivity index (χ0n) is 14.7. The van der Waals surface area contributed by atoms with Crippen LogP contribution in [-0.4, -0.2) is 28.4 Å². The quantitative estimate of drug-likeness (QED) is 0.548. The Morgan fingerprint density at radius 3 is 2.78 bits per heavy atom. The lowest BCUT2D eigenvalue weighted by Gasteiger charge is -2.06. The van der Waals surface area contributed by atoms with Crippen LogP contribution in [0.2, 0.25) is 0 Å². The van der Waals surface area contributed by atoms with Crippen LogP contribution in [0.4, 0.5) is 15.2 Å². The first kappa shape index (κ1) is 19.3. The second kappa shape index (κ2) is 9.48. The Morgan fingerprint density at radius 2 is 2.00 bits per heavy atom. The van der Waals surface area contributed by atoms with Gasteiger partial charge in [0.15, 0.2) is 4.34 Å². The van der Waals surface area contributed by atoms with Gasteiger partial charge in [0.05, 0.1) is 11.4 Å². The fourth-order valence-electron chi connectivity index (χ4n) is 2.33. The van der Waals surface area contributed by atoms with E-state index in [-0.39, 0.29) is 17.3 Å². The van der Waals surface area contributed by atoms with Gasteiger partial charge in [-0.2, -0.15) is 0 Å². The monoisotopic (exact) mass is 402 g/mol. The Balaban J connectivity index is 1.43. The zero-order chi connectivity index (χ0) is 19.1. The van der Waals surface area contributed by atoms with Gasteiger partial charge in [-0.3, -0.25) is 4.79 Å². The number of anilines is 2. The van der Waals surface area contributed by atoms with Crippen molar-refractivity contribution >= 4 is 39.8 Å². The highest BCUT2D eigenvalue weighted by atomic mass is 32.2. The molecule has 0 aliphatic heterocycles. The molecule has 1 aromatic heterocycles. The van der Waals surface area contributed by atoms with Crippen LogP contribution in [0.25, 0.3) is 0 Å². The number of carbonyl (C=O) groups excluding carboxylic acids is 1. The molecule has 1 heterocycles. The van der Waals surface area contributed by atoms with Crippen molar-refractivity contribution in [3.8, 4) is 0 Å². The van der Waals surface area contributed by atoms with Crippen LogP contribution in [0.15, 0.2) is 52.9 Å². The second-order valence-electron chi connectivity index (χ2n) is 5.86. The minimum atomic E-state index is -0.436. The maximum atomic E-state index is 13.8. The van der Waals surface area contributed by atoms with Crippen LogP contribution >= 0.6 is 23.1 Å². The third kappa shape index (κ3) is 6.04. The average molecular weight is 403 g/mol. The number of hydrogen-bond donors (Lipinski definition) is 2. The molecule has 0 atom stereocenters. The lowest BCUT2D eigenvalue weighted by molar-refractivity contribution is -0.113. The SMILES string of the molecule is Cc1ccc(NC(=O)CSc2nnc(NCCc3ccccc3)s2)c(F)c1. The van der Waals surface area contributed by atoms with Gasteiger partial charge in [0, 0.05) is 6.54 Å². The number of nitrogens with zero attached hydrogens (tertiary/aromatic N) is 2. The number of amides is 1. The Hall–Kier alpha value is -2.45. The molecule has 140 valence electrons. The summed E-state index contributed by atoms with van der Waals surface area (Å²) in [5.74, 6) is -0.572. The summed E-state index contributed by atoms with van der Waals surface area (Å²) < 4.78 is 14.5. The Morgan fingerprint density at radius 1 is 1.19 bits per heavy atom. The van der Waals surface area contributed by atoms with Crippen molar-refractivity contribution in [2.45, 2.75) is 17.7 Å². The minimum Gasteiger partial charge on any atom is -0.360 e.